The summed E-state index contributed by atoms with van der Waals surface area (Å²) in [7, 11) is 3.20. The fourth-order valence-corrected chi connectivity index (χ4v) is 2.84. The van der Waals surface area contributed by atoms with Crippen LogP contribution in [0.5, 0.6) is 11.5 Å². The Bertz CT molecular complexity index is 760. The van der Waals surface area contributed by atoms with Crippen LogP contribution < -0.4 is 25.8 Å². The van der Waals surface area contributed by atoms with Crippen LogP contribution in [0.4, 0.5) is 5.69 Å². The van der Waals surface area contributed by atoms with Gasteiger partial charge in [-0.05, 0) is 38.5 Å². The molecule has 27 heavy (non-hydrogen) atoms. The molecule has 4 N–H and O–H groups in total. The number of nitrogens with one attached hydrogen (secondary N) is 2. The van der Waals surface area contributed by atoms with E-state index >= 15 is 0 Å². The standard InChI is InChI=1S/C21H30N4O2/c1-15(16-9-7-6-8-10-16)25-21(2,3)14-23-20(22)24-17-11-12-18(26-4)19(13-17)27-5/h6-13,15,25H,14H2,1-5H3,(H3,22,23,24). The van der Waals surface area contributed by atoms with Crippen LogP contribution in [0.15, 0.2) is 53.5 Å². The van der Waals surface area contributed by atoms with E-state index in [9.17, 15) is 0 Å². The molecule has 0 radical (unpaired) electrons. The van der Waals surface area contributed by atoms with E-state index < -0.39 is 0 Å². The molecule has 0 amide bonds. The third kappa shape index (κ3) is 6.18. The minimum absolute atomic E-state index is 0.209. The average Bonchev–Trinajstić information content (AvgIpc) is 2.66. The zero-order valence-electron chi connectivity index (χ0n) is 16.7. The summed E-state index contributed by atoms with van der Waals surface area (Å²) in [4.78, 5) is 4.48. The van der Waals surface area contributed by atoms with Crippen molar-refractivity contribution in [3.8, 4) is 11.5 Å². The SMILES string of the molecule is COc1ccc(NC(N)=NCC(C)(C)NC(C)c2ccccc2)cc1OC. The van der Waals surface area contributed by atoms with Crippen molar-refractivity contribution >= 4 is 11.6 Å². The molecule has 1 unspecified atom stereocenters. The van der Waals surface area contributed by atoms with Crippen molar-refractivity contribution in [2.75, 3.05) is 26.1 Å². The van der Waals surface area contributed by atoms with E-state index in [1.54, 1.807) is 14.2 Å². The molecule has 0 spiro atoms. The molecule has 6 nitrogen and oxygen atoms in total. The van der Waals surface area contributed by atoms with Crippen LogP contribution in [0.3, 0.4) is 0 Å². The van der Waals surface area contributed by atoms with Crippen LogP contribution in [0.2, 0.25) is 0 Å². The minimum Gasteiger partial charge on any atom is -0.493 e. The van der Waals surface area contributed by atoms with E-state index in [4.69, 9.17) is 15.2 Å². The van der Waals surface area contributed by atoms with Gasteiger partial charge in [0.2, 0.25) is 0 Å². The van der Waals surface area contributed by atoms with Gasteiger partial charge in [-0.25, -0.2) is 0 Å². The molecule has 0 aliphatic carbocycles. The molecule has 0 aliphatic rings. The van der Waals surface area contributed by atoms with Gasteiger partial charge in [0.15, 0.2) is 17.5 Å². The molecule has 1 atom stereocenters. The summed E-state index contributed by atoms with van der Waals surface area (Å²) in [5.74, 6) is 1.65. The molecule has 0 saturated heterocycles. The lowest BCUT2D eigenvalue weighted by atomic mass is 10.0. The highest BCUT2D eigenvalue weighted by atomic mass is 16.5. The summed E-state index contributed by atoms with van der Waals surface area (Å²) in [5, 5.41) is 6.69. The average molecular weight is 370 g/mol. The van der Waals surface area contributed by atoms with Crippen LogP contribution in [0.25, 0.3) is 0 Å². The maximum Gasteiger partial charge on any atom is 0.193 e. The van der Waals surface area contributed by atoms with Gasteiger partial charge in [0, 0.05) is 23.3 Å². The van der Waals surface area contributed by atoms with Crippen LogP contribution in [-0.4, -0.2) is 32.3 Å². The van der Waals surface area contributed by atoms with Gasteiger partial charge >= 0.3 is 0 Å². The maximum atomic E-state index is 6.06. The summed E-state index contributed by atoms with van der Waals surface area (Å²) in [6, 6.07) is 16.1. The first-order chi connectivity index (χ1) is 12.8. The number of nitrogens with two attached hydrogens (primary N) is 1. The third-order valence-corrected chi connectivity index (χ3v) is 4.21. The summed E-state index contributed by atoms with van der Waals surface area (Å²) >= 11 is 0. The Labute approximate surface area is 161 Å². The lowest BCUT2D eigenvalue weighted by molar-refractivity contribution is 0.355. The summed E-state index contributed by atoms with van der Waals surface area (Å²) in [5.41, 5.74) is 7.88. The number of anilines is 1. The van der Waals surface area contributed by atoms with Gasteiger partial charge < -0.3 is 25.8 Å². The highest BCUT2D eigenvalue weighted by Gasteiger charge is 2.20. The molecule has 2 aromatic carbocycles. The smallest absolute Gasteiger partial charge is 0.193 e. The highest BCUT2D eigenvalue weighted by Crippen LogP contribution is 2.29. The molecule has 0 aromatic heterocycles. The largest absolute Gasteiger partial charge is 0.493 e. The van der Waals surface area contributed by atoms with E-state index in [2.05, 4.69) is 48.5 Å². The van der Waals surface area contributed by atoms with Crippen LogP contribution in [-0.2, 0) is 0 Å². The Morgan fingerprint density at radius 3 is 2.37 bits per heavy atom. The van der Waals surface area contributed by atoms with Crippen LogP contribution in [0.1, 0.15) is 32.4 Å². The first kappa shape index (κ1) is 20.6. The minimum atomic E-state index is -0.209. The molecule has 0 aliphatic heterocycles. The van der Waals surface area contributed by atoms with Crippen LogP contribution in [0, 0.1) is 0 Å². The van der Waals surface area contributed by atoms with Crippen molar-refractivity contribution in [2.24, 2.45) is 10.7 Å². The van der Waals surface area contributed by atoms with E-state index in [1.807, 2.05) is 36.4 Å². The summed E-state index contributed by atoms with van der Waals surface area (Å²) in [6.07, 6.45) is 0. The number of guanidine groups is 1. The fourth-order valence-electron chi connectivity index (χ4n) is 2.84. The molecule has 146 valence electrons. The highest BCUT2D eigenvalue weighted by molar-refractivity contribution is 5.92. The Balaban J connectivity index is 1.97. The first-order valence-corrected chi connectivity index (χ1v) is 8.96. The van der Waals surface area contributed by atoms with E-state index in [0.29, 0.717) is 24.0 Å². The summed E-state index contributed by atoms with van der Waals surface area (Å²) < 4.78 is 10.5. The fraction of sp³-hybridized carbons (Fsp3) is 0.381. The molecular weight excluding hydrogens is 340 g/mol. The van der Waals surface area contributed by atoms with Gasteiger partial charge in [0.1, 0.15) is 0 Å². The molecule has 0 heterocycles. The molecule has 0 bridgehead atoms. The van der Waals surface area contributed by atoms with Crippen molar-refractivity contribution in [3.05, 3.63) is 54.1 Å². The Morgan fingerprint density at radius 2 is 1.74 bits per heavy atom. The second kappa shape index (κ2) is 9.28. The Kier molecular flexibility index (Phi) is 7.07. The quantitative estimate of drug-likeness (QED) is 0.489. The van der Waals surface area contributed by atoms with Gasteiger partial charge in [-0.15, -0.1) is 0 Å². The molecule has 0 fully saturated rings. The predicted molar refractivity (Wildman–Crippen MR) is 112 cm³/mol. The zero-order valence-corrected chi connectivity index (χ0v) is 16.7. The monoisotopic (exact) mass is 370 g/mol. The van der Waals surface area contributed by atoms with Gasteiger partial charge in [0.25, 0.3) is 0 Å². The number of ether oxygens (including phenoxy) is 2. The molecule has 2 aromatic rings. The van der Waals surface area contributed by atoms with Crippen molar-refractivity contribution < 1.29 is 9.47 Å². The molecular formula is C21H30N4O2. The number of benzene rings is 2. The normalized spacial score (nSPS) is 13.1. The topological polar surface area (TPSA) is 80.9 Å². The van der Waals surface area contributed by atoms with Gasteiger partial charge in [-0.1, -0.05) is 30.3 Å². The van der Waals surface area contributed by atoms with Gasteiger partial charge in [-0.2, -0.15) is 0 Å². The lowest BCUT2D eigenvalue weighted by Gasteiger charge is -2.29. The Morgan fingerprint density at radius 1 is 1.07 bits per heavy atom. The number of aliphatic imine (C=N–C) groups is 1. The Hall–Kier alpha value is -2.73. The molecule has 2 rings (SSSR count). The van der Waals surface area contributed by atoms with Gasteiger partial charge in [-0.3, -0.25) is 4.99 Å². The molecule has 6 heteroatoms. The number of hydrogen-bond donors (Lipinski definition) is 3. The van der Waals surface area contributed by atoms with E-state index in [-0.39, 0.29) is 11.6 Å². The number of methoxy groups -OCH3 is 2. The van der Waals surface area contributed by atoms with E-state index in [1.165, 1.54) is 5.56 Å². The second-order valence-electron chi connectivity index (χ2n) is 7.06. The predicted octanol–water partition coefficient (Wildman–Crippen LogP) is 3.56. The van der Waals surface area contributed by atoms with Crippen molar-refractivity contribution in [1.82, 2.24) is 5.32 Å². The maximum absolute atomic E-state index is 6.06. The van der Waals surface area contributed by atoms with E-state index in [0.717, 1.165) is 5.69 Å². The van der Waals surface area contributed by atoms with Crippen molar-refractivity contribution in [1.29, 1.82) is 0 Å². The van der Waals surface area contributed by atoms with Gasteiger partial charge in [0.05, 0.1) is 20.8 Å². The third-order valence-electron chi connectivity index (χ3n) is 4.21. The van der Waals surface area contributed by atoms with Crippen molar-refractivity contribution in [3.63, 3.8) is 0 Å². The molecule has 0 saturated carbocycles. The second-order valence-corrected chi connectivity index (χ2v) is 7.06. The van der Waals surface area contributed by atoms with Crippen LogP contribution >= 0.6 is 0 Å². The zero-order chi connectivity index (χ0) is 19.9. The van der Waals surface area contributed by atoms with Crippen molar-refractivity contribution in [2.45, 2.75) is 32.4 Å². The summed E-state index contributed by atoms with van der Waals surface area (Å²) in [6.45, 7) is 6.90. The number of nitrogens with zero attached hydrogens (tertiary/aromatic N) is 1. The lowest BCUT2D eigenvalue weighted by Crippen LogP contribution is -2.44. The first-order valence-electron chi connectivity index (χ1n) is 8.96. The number of rotatable bonds is 8. The number of hydrogen-bond acceptors (Lipinski definition) is 4.